The Hall–Kier alpha value is -2.31. The Morgan fingerprint density at radius 3 is 2.22 bits per heavy atom. The van der Waals surface area contributed by atoms with E-state index in [9.17, 15) is 4.79 Å². The number of thioether (sulfide) groups is 1. The van der Waals surface area contributed by atoms with Crippen molar-refractivity contribution in [3.05, 3.63) is 65.1 Å². The molecular weight excluding hydrogens is 378 g/mol. The fourth-order valence-corrected chi connectivity index (χ4v) is 3.92. The van der Waals surface area contributed by atoms with E-state index in [1.54, 1.807) is 4.90 Å². The molecule has 1 aliphatic rings. The summed E-state index contributed by atoms with van der Waals surface area (Å²) in [5.41, 5.74) is 0.950. The van der Waals surface area contributed by atoms with E-state index in [0.717, 1.165) is 23.5 Å². The van der Waals surface area contributed by atoms with Crippen LogP contribution in [-0.4, -0.2) is 34.9 Å². The predicted octanol–water partition coefficient (Wildman–Crippen LogP) is 4.76. The van der Waals surface area contributed by atoms with Crippen LogP contribution >= 0.6 is 24.0 Å². The second kappa shape index (κ2) is 9.58. The third-order valence-electron chi connectivity index (χ3n) is 3.94. The standard InChI is InChI=1S/C21H21NO3S2/c1-2-22-20(23)19(27-21(22)26)15-16-9-11-18(12-10-16)25-14-6-13-24-17-7-4-3-5-8-17/h3-5,7-12,15H,2,6,13-14H2,1H3/b19-15+. The van der Waals surface area contributed by atoms with E-state index >= 15 is 0 Å². The van der Waals surface area contributed by atoms with Crippen molar-refractivity contribution in [1.29, 1.82) is 0 Å². The Bertz CT molecular complexity index is 819. The molecule has 27 heavy (non-hydrogen) atoms. The van der Waals surface area contributed by atoms with Gasteiger partial charge in [0.15, 0.2) is 0 Å². The van der Waals surface area contributed by atoms with E-state index in [0.29, 0.717) is 29.0 Å². The molecule has 0 N–H and O–H groups in total. The molecule has 2 aromatic carbocycles. The number of likely N-dealkylation sites (N-methyl/N-ethyl adjacent to an activating group) is 1. The van der Waals surface area contributed by atoms with Crippen molar-refractivity contribution in [3.63, 3.8) is 0 Å². The number of rotatable bonds is 8. The minimum absolute atomic E-state index is 0.0220. The molecule has 0 atom stereocenters. The van der Waals surface area contributed by atoms with Gasteiger partial charge in [-0.25, -0.2) is 0 Å². The van der Waals surface area contributed by atoms with E-state index in [-0.39, 0.29) is 5.91 Å². The lowest BCUT2D eigenvalue weighted by molar-refractivity contribution is -0.121. The lowest BCUT2D eigenvalue weighted by Crippen LogP contribution is -2.27. The number of nitrogens with zero attached hydrogens (tertiary/aromatic N) is 1. The highest BCUT2D eigenvalue weighted by Gasteiger charge is 2.30. The van der Waals surface area contributed by atoms with Crippen molar-refractivity contribution in [1.82, 2.24) is 4.90 Å². The monoisotopic (exact) mass is 399 g/mol. The Balaban J connectivity index is 1.46. The van der Waals surface area contributed by atoms with Gasteiger partial charge in [0.05, 0.1) is 18.1 Å². The summed E-state index contributed by atoms with van der Waals surface area (Å²) in [6.45, 7) is 3.72. The zero-order valence-corrected chi connectivity index (χ0v) is 16.7. The maximum atomic E-state index is 12.2. The number of thiocarbonyl (C=S) groups is 1. The third kappa shape index (κ3) is 5.34. The van der Waals surface area contributed by atoms with Crippen molar-refractivity contribution < 1.29 is 14.3 Å². The number of carbonyl (C=O) groups is 1. The van der Waals surface area contributed by atoms with Crippen LogP contribution in [0.15, 0.2) is 59.5 Å². The number of carbonyl (C=O) groups excluding carboxylic acids is 1. The largest absolute Gasteiger partial charge is 0.493 e. The number of amides is 1. The number of hydrogen-bond donors (Lipinski definition) is 0. The fourth-order valence-electron chi connectivity index (χ4n) is 2.54. The maximum Gasteiger partial charge on any atom is 0.266 e. The molecule has 4 nitrogen and oxygen atoms in total. The van der Waals surface area contributed by atoms with Gasteiger partial charge in [0, 0.05) is 13.0 Å². The molecule has 0 spiro atoms. The molecule has 1 amide bonds. The lowest BCUT2D eigenvalue weighted by Gasteiger charge is -2.09. The Morgan fingerprint density at radius 1 is 1.00 bits per heavy atom. The van der Waals surface area contributed by atoms with Crippen LogP contribution in [0.1, 0.15) is 18.9 Å². The Morgan fingerprint density at radius 2 is 1.63 bits per heavy atom. The summed E-state index contributed by atoms with van der Waals surface area (Å²) in [6, 6.07) is 17.4. The van der Waals surface area contributed by atoms with Crippen LogP contribution in [0.25, 0.3) is 6.08 Å². The highest BCUT2D eigenvalue weighted by Crippen LogP contribution is 2.32. The van der Waals surface area contributed by atoms with Gasteiger partial charge in [-0.3, -0.25) is 9.69 Å². The first-order chi connectivity index (χ1) is 13.2. The number of ether oxygens (including phenoxy) is 2. The van der Waals surface area contributed by atoms with Crippen LogP contribution in [0.3, 0.4) is 0 Å². The number of hydrogen-bond acceptors (Lipinski definition) is 5. The average Bonchev–Trinajstić information content (AvgIpc) is 2.96. The van der Waals surface area contributed by atoms with Gasteiger partial charge in [-0.2, -0.15) is 0 Å². The van der Waals surface area contributed by atoms with Crippen molar-refractivity contribution in [2.45, 2.75) is 13.3 Å². The van der Waals surface area contributed by atoms with Crippen LogP contribution in [0, 0.1) is 0 Å². The van der Waals surface area contributed by atoms with E-state index in [2.05, 4.69) is 0 Å². The average molecular weight is 400 g/mol. The van der Waals surface area contributed by atoms with Gasteiger partial charge in [0.2, 0.25) is 0 Å². The van der Waals surface area contributed by atoms with E-state index in [4.69, 9.17) is 21.7 Å². The summed E-state index contributed by atoms with van der Waals surface area (Å²) in [6.07, 6.45) is 2.67. The normalized spacial score (nSPS) is 15.4. The highest BCUT2D eigenvalue weighted by molar-refractivity contribution is 8.26. The molecule has 1 saturated heterocycles. The first kappa shape index (κ1) is 19.5. The maximum absolute atomic E-state index is 12.2. The van der Waals surface area contributed by atoms with Gasteiger partial charge < -0.3 is 9.47 Å². The zero-order chi connectivity index (χ0) is 19.1. The zero-order valence-electron chi connectivity index (χ0n) is 15.1. The molecule has 140 valence electrons. The number of benzene rings is 2. The first-order valence-electron chi connectivity index (χ1n) is 8.83. The van der Waals surface area contributed by atoms with Crippen LogP contribution in [0.2, 0.25) is 0 Å². The summed E-state index contributed by atoms with van der Waals surface area (Å²) < 4.78 is 12.0. The second-order valence-corrected chi connectivity index (χ2v) is 7.53. The van der Waals surface area contributed by atoms with Crippen LogP contribution in [-0.2, 0) is 4.79 Å². The smallest absolute Gasteiger partial charge is 0.266 e. The first-order valence-corrected chi connectivity index (χ1v) is 10.1. The van der Waals surface area contributed by atoms with E-state index in [1.165, 1.54) is 11.8 Å². The highest BCUT2D eigenvalue weighted by atomic mass is 32.2. The molecule has 1 fully saturated rings. The molecule has 0 aromatic heterocycles. The molecule has 0 radical (unpaired) electrons. The molecule has 0 unspecified atom stereocenters. The second-order valence-electron chi connectivity index (χ2n) is 5.86. The molecule has 0 aliphatic carbocycles. The van der Waals surface area contributed by atoms with Gasteiger partial charge in [-0.05, 0) is 42.8 Å². The number of para-hydroxylation sites is 1. The summed E-state index contributed by atoms with van der Waals surface area (Å²) in [5, 5.41) is 0. The van der Waals surface area contributed by atoms with Crippen LogP contribution in [0.5, 0.6) is 11.5 Å². The van der Waals surface area contributed by atoms with Gasteiger partial charge in [0.1, 0.15) is 15.8 Å². The molecule has 3 rings (SSSR count). The molecule has 1 aliphatic heterocycles. The van der Waals surface area contributed by atoms with Gasteiger partial charge in [-0.1, -0.05) is 54.3 Å². The third-order valence-corrected chi connectivity index (χ3v) is 5.31. The topological polar surface area (TPSA) is 38.8 Å². The lowest BCUT2D eigenvalue weighted by atomic mass is 10.2. The molecule has 0 saturated carbocycles. The van der Waals surface area contributed by atoms with Crippen molar-refractivity contribution in [2.75, 3.05) is 19.8 Å². The molecule has 0 bridgehead atoms. The summed E-state index contributed by atoms with van der Waals surface area (Å²) in [4.78, 5) is 14.5. The predicted molar refractivity (Wildman–Crippen MR) is 114 cm³/mol. The molecule has 2 aromatic rings. The van der Waals surface area contributed by atoms with Crippen molar-refractivity contribution in [3.8, 4) is 11.5 Å². The molecule has 6 heteroatoms. The van der Waals surface area contributed by atoms with E-state index < -0.39 is 0 Å². The summed E-state index contributed by atoms with van der Waals surface area (Å²) in [7, 11) is 0. The quantitative estimate of drug-likeness (QED) is 0.364. The Kier molecular flexibility index (Phi) is 6.90. The van der Waals surface area contributed by atoms with Crippen molar-refractivity contribution >= 4 is 40.3 Å². The van der Waals surface area contributed by atoms with Crippen LogP contribution in [0.4, 0.5) is 0 Å². The summed E-state index contributed by atoms with van der Waals surface area (Å²) >= 11 is 6.57. The van der Waals surface area contributed by atoms with E-state index in [1.807, 2.05) is 67.6 Å². The van der Waals surface area contributed by atoms with Gasteiger partial charge in [-0.15, -0.1) is 0 Å². The molecular formula is C21H21NO3S2. The summed E-state index contributed by atoms with van der Waals surface area (Å²) in [5.74, 6) is 1.65. The van der Waals surface area contributed by atoms with Crippen LogP contribution < -0.4 is 9.47 Å². The minimum Gasteiger partial charge on any atom is -0.493 e. The fraction of sp³-hybridized carbons (Fsp3) is 0.238. The van der Waals surface area contributed by atoms with Crippen molar-refractivity contribution in [2.24, 2.45) is 0 Å². The van der Waals surface area contributed by atoms with Gasteiger partial charge in [0.25, 0.3) is 5.91 Å². The van der Waals surface area contributed by atoms with Gasteiger partial charge >= 0.3 is 0 Å². The SMILES string of the molecule is CCN1C(=O)/C(=C\c2ccc(OCCCOc3ccccc3)cc2)SC1=S. The molecule has 1 heterocycles. The Labute approximate surface area is 169 Å². The minimum atomic E-state index is -0.0220.